The molecule has 1 aromatic carbocycles. The summed E-state index contributed by atoms with van der Waals surface area (Å²) in [6.07, 6.45) is 3.72. The van der Waals surface area contributed by atoms with Crippen LogP contribution in [0.4, 0.5) is 0 Å². The fourth-order valence-electron chi connectivity index (χ4n) is 2.91. The molecule has 1 aliphatic rings. The number of hydrogen-bond donors (Lipinski definition) is 3. The number of phenols is 1. The molecule has 0 saturated heterocycles. The largest absolute Gasteiger partial charge is 0.508 e. The summed E-state index contributed by atoms with van der Waals surface area (Å²) in [5.74, 6) is -0.886. The van der Waals surface area contributed by atoms with Crippen LogP contribution in [-0.2, 0) is 0 Å². The van der Waals surface area contributed by atoms with E-state index in [0.29, 0.717) is 12.8 Å². The van der Waals surface area contributed by atoms with Gasteiger partial charge in [0.2, 0.25) is 0 Å². The third-order valence-electron chi connectivity index (χ3n) is 4.28. The van der Waals surface area contributed by atoms with E-state index in [0.717, 1.165) is 24.8 Å². The fraction of sp³-hybridized carbons (Fsp3) is 0.533. The van der Waals surface area contributed by atoms with Crippen LogP contribution in [-0.4, -0.2) is 26.9 Å². The molecule has 0 amide bonds. The van der Waals surface area contributed by atoms with Crippen molar-refractivity contribution < 1.29 is 20.1 Å². The summed E-state index contributed by atoms with van der Waals surface area (Å²) in [4.78, 5) is 11.2. The molecule has 2 rings (SSSR count). The number of aromatic carboxylic acids is 1. The van der Waals surface area contributed by atoms with E-state index in [1.54, 1.807) is 6.07 Å². The van der Waals surface area contributed by atoms with Crippen molar-refractivity contribution in [2.24, 2.45) is 0 Å². The van der Waals surface area contributed by atoms with E-state index in [-0.39, 0.29) is 17.2 Å². The second-order valence-corrected chi connectivity index (χ2v) is 5.43. The highest BCUT2D eigenvalue weighted by molar-refractivity contribution is 5.90. The zero-order valence-corrected chi connectivity index (χ0v) is 11.1. The predicted molar refractivity (Wildman–Crippen MR) is 71.5 cm³/mol. The Morgan fingerprint density at radius 2 is 2.00 bits per heavy atom. The van der Waals surface area contributed by atoms with Crippen LogP contribution in [0.15, 0.2) is 18.2 Å². The molecule has 0 atom stereocenters. The maximum Gasteiger partial charge on any atom is 0.336 e. The number of aliphatic hydroxyl groups is 1. The summed E-state index contributed by atoms with van der Waals surface area (Å²) in [5, 5.41) is 28.8. The predicted octanol–water partition coefficient (Wildman–Crippen LogP) is 2.89. The molecule has 4 heteroatoms. The van der Waals surface area contributed by atoms with Crippen molar-refractivity contribution in [3.8, 4) is 5.75 Å². The molecular weight excluding hydrogens is 244 g/mol. The van der Waals surface area contributed by atoms with Gasteiger partial charge in [-0.15, -0.1) is 0 Å². The second kappa shape index (κ2) is 5.21. The van der Waals surface area contributed by atoms with Crippen LogP contribution in [0.2, 0.25) is 0 Å². The summed E-state index contributed by atoms with van der Waals surface area (Å²) in [5.41, 5.74) is 0.354. The molecule has 3 N–H and O–H groups in total. The molecule has 0 bridgehead atoms. The minimum Gasteiger partial charge on any atom is -0.508 e. The van der Waals surface area contributed by atoms with Crippen molar-refractivity contribution in [3.63, 3.8) is 0 Å². The molecule has 1 fully saturated rings. The lowest BCUT2D eigenvalue weighted by Gasteiger charge is -2.35. The smallest absolute Gasteiger partial charge is 0.336 e. The van der Waals surface area contributed by atoms with Gasteiger partial charge in [0.25, 0.3) is 0 Å². The number of benzene rings is 1. The van der Waals surface area contributed by atoms with Crippen molar-refractivity contribution in [1.82, 2.24) is 0 Å². The maximum absolute atomic E-state index is 11.2. The first-order chi connectivity index (χ1) is 8.95. The first-order valence-electron chi connectivity index (χ1n) is 6.74. The van der Waals surface area contributed by atoms with Crippen molar-refractivity contribution in [2.45, 2.75) is 50.5 Å². The quantitative estimate of drug-likeness (QED) is 0.784. The van der Waals surface area contributed by atoms with Crippen LogP contribution >= 0.6 is 0 Å². The molecule has 0 heterocycles. The topological polar surface area (TPSA) is 77.8 Å². The molecule has 0 aliphatic heterocycles. The number of rotatable bonds is 3. The monoisotopic (exact) mass is 264 g/mol. The van der Waals surface area contributed by atoms with Gasteiger partial charge in [0.15, 0.2) is 0 Å². The minimum atomic E-state index is -1.01. The lowest BCUT2D eigenvalue weighted by Crippen LogP contribution is -2.32. The molecule has 19 heavy (non-hydrogen) atoms. The minimum absolute atomic E-state index is 0.0259. The van der Waals surface area contributed by atoms with Gasteiger partial charge in [-0.3, -0.25) is 0 Å². The Kier molecular flexibility index (Phi) is 3.80. The summed E-state index contributed by atoms with van der Waals surface area (Å²) in [7, 11) is 0. The average Bonchev–Trinajstić information content (AvgIpc) is 2.40. The zero-order chi connectivity index (χ0) is 14.0. The van der Waals surface area contributed by atoms with E-state index in [1.807, 2.05) is 6.92 Å². The van der Waals surface area contributed by atoms with Gasteiger partial charge in [-0.1, -0.05) is 13.0 Å². The number of carbonyl (C=O) groups is 1. The second-order valence-electron chi connectivity index (χ2n) is 5.43. The molecular formula is C15H20O4. The van der Waals surface area contributed by atoms with Crippen LogP contribution in [0.3, 0.4) is 0 Å². The van der Waals surface area contributed by atoms with Crippen molar-refractivity contribution in [1.29, 1.82) is 0 Å². The van der Waals surface area contributed by atoms with E-state index in [2.05, 4.69) is 0 Å². The fourth-order valence-corrected chi connectivity index (χ4v) is 2.91. The van der Waals surface area contributed by atoms with Crippen molar-refractivity contribution in [3.05, 3.63) is 29.3 Å². The SMILES string of the molecule is CCC1(O)CCC(c2ccc(O)cc2C(=O)O)CC1. The maximum atomic E-state index is 11.2. The standard InChI is InChI=1S/C15H20O4/c1-2-15(19)7-5-10(6-8-15)12-4-3-11(16)9-13(12)14(17)18/h3-4,9-10,16,19H,2,5-8H2,1H3,(H,17,18). The van der Waals surface area contributed by atoms with Crippen LogP contribution < -0.4 is 0 Å². The Hall–Kier alpha value is -1.55. The number of phenolic OH excluding ortho intramolecular Hbond substituents is 1. The van der Waals surface area contributed by atoms with E-state index in [4.69, 9.17) is 0 Å². The van der Waals surface area contributed by atoms with Crippen LogP contribution in [0.25, 0.3) is 0 Å². The lowest BCUT2D eigenvalue weighted by atomic mass is 9.74. The third kappa shape index (κ3) is 2.89. The average molecular weight is 264 g/mol. The molecule has 0 radical (unpaired) electrons. The highest BCUT2D eigenvalue weighted by Crippen LogP contribution is 2.40. The van der Waals surface area contributed by atoms with Gasteiger partial charge in [-0.2, -0.15) is 0 Å². The molecule has 1 aromatic rings. The first kappa shape index (κ1) is 13.9. The van der Waals surface area contributed by atoms with Crippen molar-refractivity contribution in [2.75, 3.05) is 0 Å². The summed E-state index contributed by atoms with van der Waals surface area (Å²) >= 11 is 0. The first-order valence-corrected chi connectivity index (χ1v) is 6.74. The van der Waals surface area contributed by atoms with E-state index < -0.39 is 11.6 Å². The molecule has 4 nitrogen and oxygen atoms in total. The Balaban J connectivity index is 2.22. The number of aromatic hydroxyl groups is 1. The Bertz CT molecular complexity index is 473. The highest BCUT2D eigenvalue weighted by atomic mass is 16.4. The highest BCUT2D eigenvalue weighted by Gasteiger charge is 2.33. The van der Waals surface area contributed by atoms with Gasteiger partial charge >= 0.3 is 5.97 Å². The van der Waals surface area contributed by atoms with Gasteiger partial charge in [0, 0.05) is 0 Å². The van der Waals surface area contributed by atoms with Crippen LogP contribution in [0.5, 0.6) is 5.75 Å². The van der Waals surface area contributed by atoms with Crippen LogP contribution in [0.1, 0.15) is 60.9 Å². The Morgan fingerprint density at radius 3 is 2.53 bits per heavy atom. The molecule has 1 aliphatic carbocycles. The van der Waals surface area contributed by atoms with E-state index in [1.165, 1.54) is 12.1 Å². The Labute approximate surface area is 112 Å². The van der Waals surface area contributed by atoms with E-state index in [9.17, 15) is 20.1 Å². The Morgan fingerprint density at radius 1 is 1.37 bits per heavy atom. The molecule has 104 valence electrons. The summed E-state index contributed by atoms with van der Waals surface area (Å²) in [6, 6.07) is 4.53. The molecule has 0 aromatic heterocycles. The normalized spacial score (nSPS) is 27.2. The zero-order valence-electron chi connectivity index (χ0n) is 11.1. The number of hydrogen-bond acceptors (Lipinski definition) is 3. The number of carboxylic acids is 1. The lowest BCUT2D eigenvalue weighted by molar-refractivity contribution is -0.00425. The molecule has 0 unspecified atom stereocenters. The summed E-state index contributed by atoms with van der Waals surface area (Å²) in [6.45, 7) is 1.98. The van der Waals surface area contributed by atoms with Gasteiger partial charge in [0.05, 0.1) is 11.2 Å². The van der Waals surface area contributed by atoms with Gasteiger partial charge in [-0.25, -0.2) is 4.79 Å². The van der Waals surface area contributed by atoms with Gasteiger partial charge in [-0.05, 0) is 55.7 Å². The third-order valence-corrected chi connectivity index (χ3v) is 4.28. The van der Waals surface area contributed by atoms with Crippen molar-refractivity contribution >= 4 is 5.97 Å². The molecule has 0 spiro atoms. The number of carboxylic acid groups (broad SMARTS) is 1. The van der Waals surface area contributed by atoms with Gasteiger partial charge < -0.3 is 15.3 Å². The summed E-state index contributed by atoms with van der Waals surface area (Å²) < 4.78 is 0. The molecule has 1 saturated carbocycles. The van der Waals surface area contributed by atoms with Crippen LogP contribution in [0, 0.1) is 0 Å². The van der Waals surface area contributed by atoms with E-state index >= 15 is 0 Å². The van der Waals surface area contributed by atoms with Gasteiger partial charge in [0.1, 0.15) is 5.75 Å².